The summed E-state index contributed by atoms with van der Waals surface area (Å²) in [4.78, 5) is 12.1. The highest BCUT2D eigenvalue weighted by molar-refractivity contribution is 9.10. The van der Waals surface area contributed by atoms with Crippen LogP contribution in [-0.2, 0) is 6.42 Å². The maximum Gasteiger partial charge on any atom is 0.167 e. The monoisotopic (exact) mass is 338 g/mol. The average Bonchev–Trinajstić information content (AvgIpc) is 2.39. The van der Waals surface area contributed by atoms with E-state index in [2.05, 4.69) is 15.9 Å². The summed E-state index contributed by atoms with van der Waals surface area (Å²) in [6.07, 6.45) is 0.351. The van der Waals surface area contributed by atoms with Gasteiger partial charge in [0.05, 0.1) is 11.6 Å². The van der Waals surface area contributed by atoms with Gasteiger partial charge in [-0.3, -0.25) is 4.79 Å². The summed E-state index contributed by atoms with van der Waals surface area (Å²) < 4.78 is 6.00. The largest absolute Gasteiger partial charge is 0.496 e. The second-order valence-corrected chi connectivity index (χ2v) is 5.37. The number of carbonyl (C=O) groups is 1. The first-order valence-electron chi connectivity index (χ1n) is 5.71. The molecule has 2 nitrogen and oxygen atoms in total. The van der Waals surface area contributed by atoms with Crippen LogP contribution in [0.2, 0.25) is 5.02 Å². The van der Waals surface area contributed by atoms with Crippen molar-refractivity contribution in [1.29, 1.82) is 0 Å². The Labute approximate surface area is 125 Å². The minimum atomic E-state index is 0.0636. The van der Waals surface area contributed by atoms with E-state index in [-0.39, 0.29) is 5.78 Å². The highest BCUT2D eigenvalue weighted by Crippen LogP contribution is 2.26. The lowest BCUT2D eigenvalue weighted by atomic mass is 10.0. The van der Waals surface area contributed by atoms with Crippen molar-refractivity contribution in [1.82, 2.24) is 0 Å². The molecule has 2 rings (SSSR count). The third-order valence-corrected chi connectivity index (χ3v) is 3.62. The molecular weight excluding hydrogens is 328 g/mol. The number of benzene rings is 2. The van der Waals surface area contributed by atoms with Crippen molar-refractivity contribution < 1.29 is 9.53 Å². The lowest BCUT2D eigenvalue weighted by Gasteiger charge is -2.06. The molecule has 0 saturated heterocycles. The molecule has 0 heterocycles. The number of hydrogen-bond donors (Lipinski definition) is 0. The van der Waals surface area contributed by atoms with Gasteiger partial charge in [-0.05, 0) is 57.9 Å². The molecule has 4 heteroatoms. The molecule has 0 spiro atoms. The second-order valence-electron chi connectivity index (χ2n) is 4.08. The molecule has 0 bridgehead atoms. The smallest absolute Gasteiger partial charge is 0.167 e. The van der Waals surface area contributed by atoms with Crippen LogP contribution in [-0.4, -0.2) is 12.9 Å². The van der Waals surface area contributed by atoms with Crippen molar-refractivity contribution >= 4 is 33.3 Å². The van der Waals surface area contributed by atoms with Crippen LogP contribution in [0.3, 0.4) is 0 Å². The zero-order valence-corrected chi connectivity index (χ0v) is 12.7. The van der Waals surface area contributed by atoms with Crippen LogP contribution in [0.5, 0.6) is 5.75 Å². The molecule has 0 saturated carbocycles. The van der Waals surface area contributed by atoms with Gasteiger partial charge in [-0.15, -0.1) is 0 Å². The number of ether oxygens (including phenoxy) is 1. The molecule has 0 fully saturated rings. The third-order valence-electron chi connectivity index (χ3n) is 2.75. The quantitative estimate of drug-likeness (QED) is 0.765. The summed E-state index contributed by atoms with van der Waals surface area (Å²) in [5.74, 6) is 0.816. The second kappa shape index (κ2) is 6.22. The molecular formula is C15H12BrClO2. The lowest BCUT2D eigenvalue weighted by Crippen LogP contribution is -2.03. The fourth-order valence-corrected chi connectivity index (χ4v) is 2.46. The van der Waals surface area contributed by atoms with E-state index in [1.54, 1.807) is 31.4 Å². The molecule has 0 N–H and O–H groups in total. The zero-order chi connectivity index (χ0) is 13.8. The lowest BCUT2D eigenvalue weighted by molar-refractivity contribution is 0.0993. The third kappa shape index (κ3) is 3.58. The topological polar surface area (TPSA) is 26.3 Å². The molecule has 0 radical (unpaired) electrons. The predicted octanol–water partition coefficient (Wildman–Crippen LogP) is 4.54. The van der Waals surface area contributed by atoms with E-state index in [0.29, 0.717) is 17.0 Å². The van der Waals surface area contributed by atoms with E-state index in [1.165, 1.54) is 0 Å². The normalized spacial score (nSPS) is 10.3. The fourth-order valence-electron chi connectivity index (χ4n) is 1.74. The van der Waals surface area contributed by atoms with E-state index >= 15 is 0 Å². The van der Waals surface area contributed by atoms with Crippen molar-refractivity contribution in [3.63, 3.8) is 0 Å². The van der Waals surface area contributed by atoms with Crippen LogP contribution < -0.4 is 4.74 Å². The van der Waals surface area contributed by atoms with Gasteiger partial charge >= 0.3 is 0 Å². The molecule has 2 aromatic carbocycles. The number of ketones is 1. The van der Waals surface area contributed by atoms with E-state index in [4.69, 9.17) is 16.3 Å². The predicted molar refractivity (Wildman–Crippen MR) is 80.2 cm³/mol. The summed E-state index contributed by atoms with van der Waals surface area (Å²) in [5.41, 5.74) is 1.60. The molecule has 0 aliphatic carbocycles. The van der Waals surface area contributed by atoms with Gasteiger partial charge in [0.2, 0.25) is 0 Å². The summed E-state index contributed by atoms with van der Waals surface area (Å²) in [5, 5.41) is 0.628. The Balaban J connectivity index is 2.14. The van der Waals surface area contributed by atoms with Crippen LogP contribution >= 0.6 is 27.5 Å². The molecule has 0 unspecified atom stereocenters. The van der Waals surface area contributed by atoms with Gasteiger partial charge in [-0.1, -0.05) is 17.7 Å². The molecule has 0 atom stereocenters. The first kappa shape index (κ1) is 14.1. The van der Waals surface area contributed by atoms with Crippen molar-refractivity contribution in [3.8, 4) is 5.75 Å². The standard InChI is InChI=1S/C15H12BrClO2/c1-19-15-7-2-10(8-13(15)16)9-14(18)11-3-5-12(17)6-4-11/h2-8H,9H2,1H3. The highest BCUT2D eigenvalue weighted by Gasteiger charge is 2.08. The number of Topliss-reactive ketones (excluding diaryl/α,β-unsaturated/α-hetero) is 1. The first-order valence-corrected chi connectivity index (χ1v) is 6.88. The van der Waals surface area contributed by atoms with Crippen molar-refractivity contribution in [2.75, 3.05) is 7.11 Å². The van der Waals surface area contributed by atoms with Crippen molar-refractivity contribution in [2.24, 2.45) is 0 Å². The van der Waals surface area contributed by atoms with E-state index < -0.39 is 0 Å². The maximum atomic E-state index is 12.1. The summed E-state index contributed by atoms with van der Waals surface area (Å²) in [6, 6.07) is 12.5. The van der Waals surface area contributed by atoms with Gasteiger partial charge < -0.3 is 4.74 Å². The number of methoxy groups -OCH3 is 1. The molecule has 0 aliphatic rings. The molecule has 98 valence electrons. The van der Waals surface area contributed by atoms with Crippen molar-refractivity contribution in [2.45, 2.75) is 6.42 Å². The summed E-state index contributed by atoms with van der Waals surface area (Å²) in [7, 11) is 1.61. The number of carbonyl (C=O) groups excluding carboxylic acids is 1. The summed E-state index contributed by atoms with van der Waals surface area (Å²) >= 11 is 9.21. The Kier molecular flexibility index (Phi) is 4.61. The van der Waals surface area contributed by atoms with E-state index in [9.17, 15) is 4.79 Å². The van der Waals surface area contributed by atoms with Crippen LogP contribution in [0.1, 0.15) is 15.9 Å². The Bertz CT molecular complexity index is 594. The van der Waals surface area contributed by atoms with Crippen molar-refractivity contribution in [3.05, 3.63) is 63.1 Å². The van der Waals surface area contributed by atoms with Crippen LogP contribution in [0.25, 0.3) is 0 Å². The van der Waals surface area contributed by atoms with E-state index in [0.717, 1.165) is 15.8 Å². The Morgan fingerprint density at radius 2 is 1.89 bits per heavy atom. The fraction of sp³-hybridized carbons (Fsp3) is 0.133. The Hall–Kier alpha value is -1.32. The Morgan fingerprint density at radius 3 is 2.47 bits per heavy atom. The SMILES string of the molecule is COc1ccc(CC(=O)c2ccc(Cl)cc2)cc1Br. The highest BCUT2D eigenvalue weighted by atomic mass is 79.9. The molecule has 19 heavy (non-hydrogen) atoms. The molecule has 0 aromatic heterocycles. The zero-order valence-electron chi connectivity index (χ0n) is 10.3. The van der Waals surface area contributed by atoms with Crippen LogP contribution in [0.4, 0.5) is 0 Å². The molecule has 0 aliphatic heterocycles. The summed E-state index contributed by atoms with van der Waals surface area (Å²) in [6.45, 7) is 0. The van der Waals surface area contributed by atoms with Gasteiger partial charge in [-0.2, -0.15) is 0 Å². The Morgan fingerprint density at radius 1 is 1.21 bits per heavy atom. The molecule has 0 amide bonds. The minimum Gasteiger partial charge on any atom is -0.496 e. The van der Waals surface area contributed by atoms with E-state index in [1.807, 2.05) is 18.2 Å². The number of hydrogen-bond acceptors (Lipinski definition) is 2. The molecule has 2 aromatic rings. The van der Waals surface area contributed by atoms with Crippen LogP contribution in [0, 0.1) is 0 Å². The number of halogens is 2. The first-order chi connectivity index (χ1) is 9.10. The van der Waals surface area contributed by atoms with Gasteiger partial charge in [0.15, 0.2) is 5.78 Å². The van der Waals surface area contributed by atoms with Gasteiger partial charge in [0.1, 0.15) is 5.75 Å². The van der Waals surface area contributed by atoms with Gasteiger partial charge in [-0.25, -0.2) is 0 Å². The minimum absolute atomic E-state index is 0.0636. The maximum absolute atomic E-state index is 12.1. The average molecular weight is 340 g/mol. The van der Waals surface area contributed by atoms with Crippen LogP contribution in [0.15, 0.2) is 46.9 Å². The van der Waals surface area contributed by atoms with Gasteiger partial charge in [0, 0.05) is 17.0 Å². The van der Waals surface area contributed by atoms with Gasteiger partial charge in [0.25, 0.3) is 0 Å². The number of rotatable bonds is 4.